The lowest BCUT2D eigenvalue weighted by molar-refractivity contribution is -0.132. The second-order valence-corrected chi connectivity index (χ2v) is 4.47. The van der Waals surface area contributed by atoms with E-state index in [0.717, 1.165) is 10.5 Å². The number of carbonyl (C=O) groups excluding carboxylic acids is 2. The molecule has 5 heteroatoms. The molecule has 0 spiro atoms. The molecule has 0 radical (unpaired) electrons. The number of imide groups is 1. The fourth-order valence-electron chi connectivity index (χ4n) is 2.55. The van der Waals surface area contributed by atoms with Crippen molar-refractivity contribution < 1.29 is 9.59 Å². The first-order valence-corrected chi connectivity index (χ1v) is 5.87. The largest absolute Gasteiger partial charge is 0.330 e. The third-order valence-electron chi connectivity index (χ3n) is 3.56. The molecule has 96 valence electrons. The van der Waals surface area contributed by atoms with Crippen LogP contribution in [0.25, 0.3) is 0 Å². The predicted molar refractivity (Wildman–Crippen MR) is 67.7 cm³/mol. The van der Waals surface area contributed by atoms with Crippen LogP contribution in [-0.2, 0) is 10.3 Å². The van der Waals surface area contributed by atoms with Crippen LogP contribution in [0, 0.1) is 0 Å². The average molecular weight is 247 g/mol. The fraction of sp³-hybridized carbons (Fsp3) is 0.385. The maximum Gasteiger partial charge on any atom is 0.327 e. The molecule has 1 fully saturated rings. The summed E-state index contributed by atoms with van der Waals surface area (Å²) in [6.45, 7) is 0.339. The van der Waals surface area contributed by atoms with Crippen molar-refractivity contribution in [2.24, 2.45) is 5.73 Å². The maximum absolute atomic E-state index is 12.4. The standard InChI is InChI=1S/C13H17N3O2/c1-15-11(17)13(8-9-14,16(2)12(15)18)10-6-4-3-5-7-10/h3-7H,8-9,14H2,1-2H3/t13-/m0/s1. The molecular formula is C13H17N3O2. The zero-order valence-corrected chi connectivity index (χ0v) is 10.6. The lowest BCUT2D eigenvalue weighted by atomic mass is 9.85. The minimum atomic E-state index is -0.957. The Labute approximate surface area is 106 Å². The number of carbonyl (C=O) groups is 2. The molecule has 1 aliphatic rings. The molecule has 1 aromatic rings. The lowest BCUT2D eigenvalue weighted by Crippen LogP contribution is -2.46. The number of hydrogen-bond donors (Lipinski definition) is 1. The van der Waals surface area contributed by atoms with Gasteiger partial charge in [-0.25, -0.2) is 4.79 Å². The van der Waals surface area contributed by atoms with Gasteiger partial charge in [-0.1, -0.05) is 30.3 Å². The Balaban J connectivity index is 2.58. The molecule has 1 heterocycles. The minimum Gasteiger partial charge on any atom is -0.330 e. The Bertz CT molecular complexity index is 474. The van der Waals surface area contributed by atoms with E-state index >= 15 is 0 Å². The Morgan fingerprint density at radius 1 is 1.17 bits per heavy atom. The van der Waals surface area contributed by atoms with Crippen LogP contribution in [0.4, 0.5) is 4.79 Å². The molecule has 1 aromatic carbocycles. The summed E-state index contributed by atoms with van der Waals surface area (Å²) in [6, 6.07) is 9.02. The quantitative estimate of drug-likeness (QED) is 0.802. The van der Waals surface area contributed by atoms with Crippen LogP contribution in [0.5, 0.6) is 0 Å². The van der Waals surface area contributed by atoms with E-state index in [1.165, 1.54) is 11.9 Å². The number of nitrogens with zero attached hydrogens (tertiary/aromatic N) is 2. The first kappa shape index (κ1) is 12.6. The smallest absolute Gasteiger partial charge is 0.327 e. The average Bonchev–Trinajstić information content (AvgIpc) is 2.56. The summed E-state index contributed by atoms with van der Waals surface area (Å²) in [7, 11) is 3.15. The third kappa shape index (κ3) is 1.51. The molecule has 0 aliphatic carbocycles. The topological polar surface area (TPSA) is 66.6 Å². The van der Waals surface area contributed by atoms with Gasteiger partial charge in [0.15, 0.2) is 0 Å². The summed E-state index contributed by atoms with van der Waals surface area (Å²) in [5.41, 5.74) is 5.49. The summed E-state index contributed by atoms with van der Waals surface area (Å²) in [4.78, 5) is 27.1. The van der Waals surface area contributed by atoms with Crippen molar-refractivity contribution in [2.75, 3.05) is 20.6 Å². The van der Waals surface area contributed by atoms with Crippen molar-refractivity contribution in [3.05, 3.63) is 35.9 Å². The Morgan fingerprint density at radius 2 is 1.78 bits per heavy atom. The number of rotatable bonds is 3. The normalized spacial score (nSPS) is 23.9. The molecule has 18 heavy (non-hydrogen) atoms. The van der Waals surface area contributed by atoms with Crippen molar-refractivity contribution in [3.8, 4) is 0 Å². The zero-order valence-electron chi connectivity index (χ0n) is 10.6. The van der Waals surface area contributed by atoms with Crippen LogP contribution in [0.1, 0.15) is 12.0 Å². The van der Waals surface area contributed by atoms with Crippen LogP contribution < -0.4 is 5.73 Å². The second-order valence-electron chi connectivity index (χ2n) is 4.47. The SMILES string of the molecule is CN1C(=O)N(C)[C@@](CCN)(c2ccccc2)C1=O. The van der Waals surface area contributed by atoms with Gasteiger partial charge >= 0.3 is 6.03 Å². The van der Waals surface area contributed by atoms with Gasteiger partial charge in [-0.3, -0.25) is 9.69 Å². The Hall–Kier alpha value is -1.88. The molecular weight excluding hydrogens is 230 g/mol. The highest BCUT2D eigenvalue weighted by Gasteiger charge is 2.54. The molecule has 2 N–H and O–H groups in total. The van der Waals surface area contributed by atoms with Gasteiger partial charge in [-0.05, 0) is 18.5 Å². The van der Waals surface area contributed by atoms with E-state index in [-0.39, 0.29) is 11.9 Å². The minimum absolute atomic E-state index is 0.216. The molecule has 2 rings (SSSR count). The number of benzene rings is 1. The van der Waals surface area contributed by atoms with Crippen molar-refractivity contribution in [1.29, 1.82) is 0 Å². The van der Waals surface area contributed by atoms with Crippen molar-refractivity contribution in [3.63, 3.8) is 0 Å². The number of hydrogen-bond acceptors (Lipinski definition) is 3. The molecule has 0 bridgehead atoms. The zero-order chi connectivity index (χ0) is 13.3. The number of urea groups is 1. The molecule has 5 nitrogen and oxygen atoms in total. The van der Waals surface area contributed by atoms with Crippen LogP contribution in [0.2, 0.25) is 0 Å². The van der Waals surface area contributed by atoms with Crippen molar-refractivity contribution in [2.45, 2.75) is 12.0 Å². The highest BCUT2D eigenvalue weighted by Crippen LogP contribution is 2.38. The van der Waals surface area contributed by atoms with Gasteiger partial charge < -0.3 is 10.6 Å². The van der Waals surface area contributed by atoms with E-state index in [1.807, 2.05) is 30.3 Å². The summed E-state index contributed by atoms with van der Waals surface area (Å²) in [5, 5.41) is 0. The molecule has 1 atom stereocenters. The van der Waals surface area contributed by atoms with E-state index in [1.54, 1.807) is 7.05 Å². The Morgan fingerprint density at radius 3 is 2.22 bits per heavy atom. The molecule has 0 unspecified atom stereocenters. The van der Waals surface area contributed by atoms with E-state index < -0.39 is 5.54 Å². The van der Waals surface area contributed by atoms with E-state index in [2.05, 4.69) is 0 Å². The maximum atomic E-state index is 12.4. The number of nitrogens with two attached hydrogens (primary N) is 1. The predicted octanol–water partition coefficient (Wildman–Crippen LogP) is 0.754. The first-order valence-electron chi connectivity index (χ1n) is 5.87. The van der Waals surface area contributed by atoms with Gasteiger partial charge in [-0.2, -0.15) is 0 Å². The van der Waals surface area contributed by atoms with Gasteiger partial charge in [0.2, 0.25) is 0 Å². The van der Waals surface area contributed by atoms with Gasteiger partial charge in [-0.15, -0.1) is 0 Å². The summed E-state index contributed by atoms with van der Waals surface area (Å²) >= 11 is 0. The van der Waals surface area contributed by atoms with Crippen LogP contribution in [0.15, 0.2) is 30.3 Å². The van der Waals surface area contributed by atoms with Crippen LogP contribution >= 0.6 is 0 Å². The number of likely N-dealkylation sites (N-methyl/N-ethyl adjacent to an activating group) is 2. The third-order valence-corrected chi connectivity index (χ3v) is 3.56. The van der Waals surface area contributed by atoms with E-state index in [4.69, 9.17) is 5.73 Å². The molecule has 0 saturated carbocycles. The van der Waals surface area contributed by atoms with Gasteiger partial charge in [0, 0.05) is 14.1 Å². The van der Waals surface area contributed by atoms with E-state index in [0.29, 0.717) is 13.0 Å². The molecule has 1 aliphatic heterocycles. The second kappa shape index (κ2) is 4.42. The summed E-state index contributed by atoms with van der Waals surface area (Å²) < 4.78 is 0. The molecule has 1 saturated heterocycles. The molecule has 3 amide bonds. The van der Waals surface area contributed by atoms with Gasteiger partial charge in [0.25, 0.3) is 5.91 Å². The van der Waals surface area contributed by atoms with Gasteiger partial charge in [0.05, 0.1) is 0 Å². The molecule has 0 aromatic heterocycles. The van der Waals surface area contributed by atoms with Crippen molar-refractivity contribution in [1.82, 2.24) is 9.80 Å². The van der Waals surface area contributed by atoms with Crippen LogP contribution in [0.3, 0.4) is 0 Å². The number of amides is 3. The fourth-order valence-corrected chi connectivity index (χ4v) is 2.55. The Kier molecular flexibility index (Phi) is 3.09. The monoisotopic (exact) mass is 247 g/mol. The van der Waals surface area contributed by atoms with Crippen LogP contribution in [-0.4, -0.2) is 42.4 Å². The highest BCUT2D eigenvalue weighted by molar-refractivity contribution is 6.07. The summed E-state index contributed by atoms with van der Waals surface area (Å²) in [6.07, 6.45) is 0.419. The van der Waals surface area contributed by atoms with Gasteiger partial charge in [0.1, 0.15) is 5.54 Å². The van der Waals surface area contributed by atoms with Crippen molar-refractivity contribution >= 4 is 11.9 Å². The first-order chi connectivity index (χ1) is 8.55. The highest BCUT2D eigenvalue weighted by atomic mass is 16.2. The lowest BCUT2D eigenvalue weighted by Gasteiger charge is -2.32. The summed E-state index contributed by atoms with van der Waals surface area (Å²) in [5.74, 6) is -0.216. The van der Waals surface area contributed by atoms with E-state index in [9.17, 15) is 9.59 Å².